The van der Waals surface area contributed by atoms with Gasteiger partial charge in [-0.2, -0.15) is 5.10 Å². The lowest BCUT2D eigenvalue weighted by Gasteiger charge is -2.34. The summed E-state index contributed by atoms with van der Waals surface area (Å²) in [6, 6.07) is 16.4. The number of aliphatic imine (C=N–C) groups is 1. The first-order chi connectivity index (χ1) is 13.3. The second-order valence-electron chi connectivity index (χ2n) is 8.14. The number of benzene rings is 2. The number of fused-ring (bicyclic) bond motifs is 1. The number of rotatable bonds is 2. The number of hydrogen-bond donors (Lipinski definition) is 2. The number of H-pyrrole nitrogens is 1. The van der Waals surface area contributed by atoms with Crippen molar-refractivity contribution in [1.29, 1.82) is 0 Å². The van der Waals surface area contributed by atoms with E-state index in [2.05, 4.69) is 60.7 Å². The summed E-state index contributed by atoms with van der Waals surface area (Å²) in [7, 11) is 0. The Hall–Kier alpha value is -2.79. The molecular formula is C22H24ClN5. The summed E-state index contributed by atoms with van der Waals surface area (Å²) < 4.78 is 0. The Morgan fingerprint density at radius 3 is 2.57 bits per heavy atom. The van der Waals surface area contributed by atoms with Crippen LogP contribution < -0.4 is 10.4 Å². The standard InChI is InChI=1S/C22H24ClN5/c1-14-11-20(26-25-14)24-21-17-8-6-5-7-15(17)13-28(27-21)19-10-9-16(12-18(19)23)22(2,3)4/h5-12H,13H2,1-4H3,(H2,24,25,26,27). The number of anilines is 1. The highest BCUT2D eigenvalue weighted by atomic mass is 35.5. The van der Waals surface area contributed by atoms with Crippen LogP contribution in [0.1, 0.15) is 43.2 Å². The maximum absolute atomic E-state index is 6.67. The Labute approximate surface area is 170 Å². The van der Waals surface area contributed by atoms with Crippen molar-refractivity contribution in [2.45, 2.75) is 39.7 Å². The van der Waals surface area contributed by atoms with Crippen molar-refractivity contribution in [1.82, 2.24) is 15.6 Å². The number of nitrogens with one attached hydrogen (secondary N) is 2. The summed E-state index contributed by atoms with van der Waals surface area (Å²) in [5.41, 5.74) is 8.84. The van der Waals surface area contributed by atoms with Crippen LogP contribution in [0.2, 0.25) is 5.02 Å². The molecule has 0 atom stereocenters. The van der Waals surface area contributed by atoms with Crippen molar-refractivity contribution in [3.05, 3.63) is 75.9 Å². The van der Waals surface area contributed by atoms with E-state index in [0.717, 1.165) is 22.8 Å². The molecule has 0 radical (unpaired) electrons. The van der Waals surface area contributed by atoms with Gasteiger partial charge >= 0.3 is 0 Å². The van der Waals surface area contributed by atoms with Crippen LogP contribution in [0.5, 0.6) is 0 Å². The molecule has 1 aliphatic rings. The highest BCUT2D eigenvalue weighted by molar-refractivity contribution is 6.33. The first-order valence-corrected chi connectivity index (χ1v) is 9.72. The number of aromatic amines is 1. The van der Waals surface area contributed by atoms with Gasteiger partial charge in [0.05, 0.1) is 17.3 Å². The third-order valence-electron chi connectivity index (χ3n) is 4.87. The molecule has 2 heterocycles. The molecule has 6 heteroatoms. The highest BCUT2D eigenvalue weighted by Gasteiger charge is 2.24. The summed E-state index contributed by atoms with van der Waals surface area (Å²) in [5.74, 6) is 1.40. The fourth-order valence-electron chi connectivity index (χ4n) is 3.29. The van der Waals surface area contributed by atoms with Gasteiger partial charge in [0, 0.05) is 17.3 Å². The lowest BCUT2D eigenvalue weighted by Crippen LogP contribution is -2.46. The molecular weight excluding hydrogens is 370 g/mol. The van der Waals surface area contributed by atoms with E-state index >= 15 is 0 Å². The van der Waals surface area contributed by atoms with Gasteiger partial charge in [0.1, 0.15) is 0 Å². The van der Waals surface area contributed by atoms with E-state index in [1.165, 1.54) is 11.1 Å². The molecule has 0 bridgehead atoms. The average Bonchev–Trinajstić information content (AvgIpc) is 3.05. The number of aromatic nitrogens is 2. The third kappa shape index (κ3) is 3.62. The number of nitrogens with zero attached hydrogens (tertiary/aromatic N) is 3. The molecule has 5 nitrogen and oxygen atoms in total. The minimum absolute atomic E-state index is 0.0501. The minimum Gasteiger partial charge on any atom is -0.281 e. The Bertz CT molecular complexity index is 1050. The Kier molecular flexibility index (Phi) is 4.63. The Balaban J connectivity index is 1.74. The van der Waals surface area contributed by atoms with E-state index in [-0.39, 0.29) is 5.41 Å². The number of hydrazine groups is 1. The summed E-state index contributed by atoms with van der Waals surface area (Å²) >= 11 is 6.67. The molecule has 28 heavy (non-hydrogen) atoms. The second kappa shape index (κ2) is 6.99. The first kappa shape index (κ1) is 18.6. The van der Waals surface area contributed by atoms with Crippen molar-refractivity contribution < 1.29 is 0 Å². The predicted octanol–water partition coefficient (Wildman–Crippen LogP) is 5.27. The lowest BCUT2D eigenvalue weighted by molar-refractivity contribution is 0.590. The largest absolute Gasteiger partial charge is 0.281 e. The summed E-state index contributed by atoms with van der Waals surface area (Å²) in [6.07, 6.45) is 0. The molecule has 0 saturated carbocycles. The molecule has 0 saturated heterocycles. The second-order valence-corrected chi connectivity index (χ2v) is 8.55. The first-order valence-electron chi connectivity index (χ1n) is 9.34. The van der Waals surface area contributed by atoms with E-state index < -0.39 is 0 Å². The molecule has 0 spiro atoms. The van der Waals surface area contributed by atoms with Crippen LogP contribution >= 0.6 is 11.6 Å². The normalized spacial score (nSPS) is 15.5. The van der Waals surface area contributed by atoms with Crippen LogP contribution in [0.3, 0.4) is 0 Å². The highest BCUT2D eigenvalue weighted by Crippen LogP contribution is 2.33. The van der Waals surface area contributed by atoms with Gasteiger partial charge in [-0.05, 0) is 35.6 Å². The molecule has 0 aliphatic carbocycles. The van der Waals surface area contributed by atoms with Crippen LogP contribution in [0.4, 0.5) is 11.5 Å². The van der Waals surface area contributed by atoms with E-state index in [1.54, 1.807) is 0 Å². The van der Waals surface area contributed by atoms with Crippen molar-refractivity contribution in [3.63, 3.8) is 0 Å². The van der Waals surface area contributed by atoms with Crippen molar-refractivity contribution in [2.24, 2.45) is 4.99 Å². The zero-order chi connectivity index (χ0) is 19.9. The Morgan fingerprint density at radius 2 is 1.89 bits per heavy atom. The van der Waals surface area contributed by atoms with Crippen LogP contribution in [0.15, 0.2) is 53.5 Å². The van der Waals surface area contributed by atoms with Gasteiger partial charge in [-0.3, -0.25) is 15.5 Å². The molecule has 1 aromatic heterocycles. The topological polar surface area (TPSA) is 56.3 Å². The van der Waals surface area contributed by atoms with E-state index in [9.17, 15) is 0 Å². The molecule has 144 valence electrons. The third-order valence-corrected chi connectivity index (χ3v) is 5.17. The zero-order valence-electron chi connectivity index (χ0n) is 16.5. The molecule has 0 unspecified atom stereocenters. The van der Waals surface area contributed by atoms with Gasteiger partial charge < -0.3 is 0 Å². The quantitative estimate of drug-likeness (QED) is 0.623. The zero-order valence-corrected chi connectivity index (χ0v) is 17.3. The van der Waals surface area contributed by atoms with Crippen LogP contribution in [-0.4, -0.2) is 16.0 Å². The SMILES string of the molecule is Cc1cc(N=C2NN(c3ccc(C(C)(C)C)cc3Cl)Cc3ccccc32)n[nH]1. The summed E-state index contributed by atoms with van der Waals surface area (Å²) in [5, 5.41) is 9.93. The number of amidine groups is 1. The minimum atomic E-state index is 0.0501. The lowest BCUT2D eigenvalue weighted by atomic mass is 9.87. The number of aryl methyl sites for hydroxylation is 1. The van der Waals surface area contributed by atoms with Crippen molar-refractivity contribution in [3.8, 4) is 0 Å². The van der Waals surface area contributed by atoms with Crippen LogP contribution in [0.25, 0.3) is 0 Å². The monoisotopic (exact) mass is 393 g/mol. The van der Waals surface area contributed by atoms with Gasteiger partial charge in [0.25, 0.3) is 0 Å². The smallest absolute Gasteiger partial charge is 0.176 e. The van der Waals surface area contributed by atoms with Gasteiger partial charge in [0.2, 0.25) is 0 Å². The molecule has 2 N–H and O–H groups in total. The predicted molar refractivity (Wildman–Crippen MR) is 115 cm³/mol. The van der Waals surface area contributed by atoms with E-state index in [1.807, 2.05) is 36.2 Å². The fourth-order valence-corrected chi connectivity index (χ4v) is 3.57. The Morgan fingerprint density at radius 1 is 1.11 bits per heavy atom. The molecule has 2 aromatic carbocycles. The van der Waals surface area contributed by atoms with Crippen LogP contribution in [0, 0.1) is 6.92 Å². The van der Waals surface area contributed by atoms with E-state index in [4.69, 9.17) is 16.6 Å². The summed E-state index contributed by atoms with van der Waals surface area (Å²) in [6.45, 7) is 9.21. The molecule has 1 aliphatic heterocycles. The number of hydrogen-bond acceptors (Lipinski definition) is 3. The van der Waals surface area contributed by atoms with Crippen molar-refractivity contribution >= 4 is 28.9 Å². The summed E-state index contributed by atoms with van der Waals surface area (Å²) in [4.78, 5) is 4.72. The number of halogens is 1. The van der Waals surface area contributed by atoms with Gasteiger partial charge in [-0.25, -0.2) is 4.99 Å². The van der Waals surface area contributed by atoms with Crippen LogP contribution in [-0.2, 0) is 12.0 Å². The molecule has 0 amide bonds. The fraction of sp³-hybridized carbons (Fsp3) is 0.273. The molecule has 4 rings (SSSR count). The maximum atomic E-state index is 6.67. The molecule has 0 fully saturated rings. The van der Waals surface area contributed by atoms with E-state index in [0.29, 0.717) is 17.4 Å². The maximum Gasteiger partial charge on any atom is 0.176 e. The van der Waals surface area contributed by atoms with Gasteiger partial charge in [-0.15, -0.1) is 0 Å². The van der Waals surface area contributed by atoms with Gasteiger partial charge in [0.15, 0.2) is 11.7 Å². The molecule has 3 aromatic rings. The average molecular weight is 394 g/mol. The van der Waals surface area contributed by atoms with Gasteiger partial charge in [-0.1, -0.05) is 62.7 Å². The van der Waals surface area contributed by atoms with Crippen molar-refractivity contribution in [2.75, 3.05) is 5.01 Å².